The molecule has 1 aliphatic rings. The van der Waals surface area contributed by atoms with E-state index in [1.807, 2.05) is 49.7 Å². The summed E-state index contributed by atoms with van der Waals surface area (Å²) in [6.45, 7) is 5.98. The monoisotopic (exact) mass is 561 g/mol. The Hall–Kier alpha value is -3.10. The van der Waals surface area contributed by atoms with Gasteiger partial charge in [0, 0.05) is 22.9 Å². The van der Waals surface area contributed by atoms with E-state index in [-0.39, 0.29) is 5.92 Å². The number of carbonyl (C=O) groups is 1. The van der Waals surface area contributed by atoms with Crippen LogP contribution in [0.25, 0.3) is 0 Å². The molecule has 1 aliphatic carbocycles. The summed E-state index contributed by atoms with van der Waals surface area (Å²) in [5, 5.41) is 8.60. The maximum Gasteiger partial charge on any atom is 0.413 e. The number of benzene rings is 2. The number of hydrogen-bond donors (Lipinski definition) is 1. The van der Waals surface area contributed by atoms with Gasteiger partial charge in [0.25, 0.3) is 0 Å². The normalized spacial score (nSPS) is 15.0. The van der Waals surface area contributed by atoms with Gasteiger partial charge in [-0.2, -0.15) is 5.10 Å². The number of halogens is 2. The molecule has 10 heteroatoms. The fourth-order valence-electron chi connectivity index (χ4n) is 4.72. The number of nitrogens with zero attached hydrogens (tertiary/aromatic N) is 2. The van der Waals surface area contributed by atoms with Crippen LogP contribution in [0.5, 0.6) is 17.2 Å². The van der Waals surface area contributed by atoms with Gasteiger partial charge in [-0.3, -0.25) is 10.00 Å². The topological polar surface area (TPSA) is 83.8 Å². The molecule has 0 bridgehead atoms. The van der Waals surface area contributed by atoms with Crippen LogP contribution in [0.2, 0.25) is 10.0 Å². The quantitative estimate of drug-likeness (QED) is 0.338. The molecule has 8 nitrogen and oxygen atoms in total. The number of carbonyl (C=O) groups excluding carboxylic acids is 1. The smallest absolute Gasteiger partial charge is 0.413 e. The summed E-state index contributed by atoms with van der Waals surface area (Å²) < 4.78 is 23.7. The molecule has 1 aromatic heterocycles. The van der Waals surface area contributed by atoms with Gasteiger partial charge in [0.15, 0.2) is 5.82 Å². The second kappa shape index (κ2) is 11.3. The van der Waals surface area contributed by atoms with Crippen molar-refractivity contribution in [2.24, 2.45) is 0 Å². The largest absolute Gasteiger partial charge is 0.497 e. The number of hydrogen-bond acceptors (Lipinski definition) is 6. The summed E-state index contributed by atoms with van der Waals surface area (Å²) in [5.74, 6) is 2.29. The average Bonchev–Trinajstić information content (AvgIpc) is 3.19. The van der Waals surface area contributed by atoms with E-state index < -0.39 is 11.7 Å². The van der Waals surface area contributed by atoms with E-state index >= 15 is 0 Å². The zero-order valence-corrected chi connectivity index (χ0v) is 24.0. The van der Waals surface area contributed by atoms with Crippen LogP contribution in [-0.2, 0) is 24.1 Å². The predicted octanol–water partition coefficient (Wildman–Crippen LogP) is 6.88. The minimum atomic E-state index is -0.625. The van der Waals surface area contributed by atoms with Crippen LogP contribution >= 0.6 is 23.2 Å². The lowest BCUT2D eigenvalue weighted by Gasteiger charge is -2.27. The molecule has 0 saturated heterocycles. The second-order valence-corrected chi connectivity index (χ2v) is 10.9. The van der Waals surface area contributed by atoms with Crippen LogP contribution < -0.4 is 19.5 Å². The van der Waals surface area contributed by atoms with Gasteiger partial charge in [0.1, 0.15) is 22.8 Å². The molecule has 2 aromatic carbocycles. The summed E-state index contributed by atoms with van der Waals surface area (Å²) in [5.41, 5.74) is 3.18. The zero-order valence-electron chi connectivity index (χ0n) is 22.5. The van der Waals surface area contributed by atoms with Crippen molar-refractivity contribution in [3.8, 4) is 17.2 Å². The van der Waals surface area contributed by atoms with Crippen LogP contribution in [0.1, 0.15) is 55.5 Å². The fraction of sp³-hybridized carbons (Fsp3) is 0.429. The third kappa shape index (κ3) is 5.97. The van der Waals surface area contributed by atoms with Crippen molar-refractivity contribution in [2.75, 3.05) is 26.6 Å². The van der Waals surface area contributed by atoms with Crippen molar-refractivity contribution in [1.82, 2.24) is 9.78 Å². The summed E-state index contributed by atoms with van der Waals surface area (Å²) in [6.07, 6.45) is 1.49. The Kier molecular flexibility index (Phi) is 8.33. The summed E-state index contributed by atoms with van der Waals surface area (Å²) >= 11 is 13.5. The number of aromatic nitrogens is 2. The SMILES string of the molecule is COc1ccc(Cn2nc(NC(=O)OC(C)(C)C)c3c2CC(c2c(Cl)c(OC)cc(OC)c2Cl)CC3)cc1. The molecule has 3 aromatic rings. The van der Waals surface area contributed by atoms with Gasteiger partial charge in [-0.15, -0.1) is 0 Å². The lowest BCUT2D eigenvalue weighted by molar-refractivity contribution is 0.0635. The van der Waals surface area contributed by atoms with Gasteiger partial charge < -0.3 is 18.9 Å². The molecule has 0 fully saturated rings. The number of ether oxygens (including phenoxy) is 4. The lowest BCUT2D eigenvalue weighted by atomic mass is 9.82. The first-order valence-corrected chi connectivity index (χ1v) is 13.1. The molecule has 1 unspecified atom stereocenters. The Morgan fingerprint density at radius 1 is 1.05 bits per heavy atom. The number of methoxy groups -OCH3 is 3. The van der Waals surface area contributed by atoms with Crippen molar-refractivity contribution >= 4 is 35.1 Å². The highest BCUT2D eigenvalue weighted by molar-refractivity contribution is 6.38. The lowest BCUT2D eigenvalue weighted by Crippen LogP contribution is -2.27. The van der Waals surface area contributed by atoms with Crippen LogP contribution in [-0.4, -0.2) is 42.8 Å². The Morgan fingerprint density at radius 3 is 2.24 bits per heavy atom. The van der Waals surface area contributed by atoms with E-state index in [9.17, 15) is 4.79 Å². The highest BCUT2D eigenvalue weighted by atomic mass is 35.5. The maximum absolute atomic E-state index is 12.6. The van der Waals surface area contributed by atoms with Crippen molar-refractivity contribution in [1.29, 1.82) is 0 Å². The molecule has 38 heavy (non-hydrogen) atoms. The molecule has 1 heterocycles. The summed E-state index contributed by atoms with van der Waals surface area (Å²) in [6, 6.07) is 9.51. The molecule has 0 saturated carbocycles. The molecule has 4 rings (SSSR count). The highest BCUT2D eigenvalue weighted by Crippen LogP contribution is 2.48. The standard InChI is InChI=1S/C28H33Cl2N3O5/c1-28(2,3)38-27(34)31-26-19-12-9-17(23-24(29)21(36-5)14-22(37-6)25(23)30)13-20(19)33(32-26)15-16-7-10-18(35-4)11-8-16/h7-8,10-11,14,17H,9,12-13,15H2,1-6H3,(H,31,32,34). The second-order valence-electron chi connectivity index (χ2n) is 10.2. The fourth-order valence-corrected chi connectivity index (χ4v) is 5.53. The van der Waals surface area contributed by atoms with Gasteiger partial charge in [0.2, 0.25) is 0 Å². The van der Waals surface area contributed by atoms with E-state index in [0.717, 1.165) is 34.6 Å². The molecular weight excluding hydrogens is 529 g/mol. The Morgan fingerprint density at radius 2 is 1.68 bits per heavy atom. The number of anilines is 1. The van der Waals surface area contributed by atoms with Crippen molar-refractivity contribution in [3.05, 3.63) is 62.8 Å². The van der Waals surface area contributed by atoms with E-state index in [0.29, 0.717) is 46.7 Å². The third-order valence-corrected chi connectivity index (χ3v) is 7.26. The minimum absolute atomic E-state index is 0.00723. The predicted molar refractivity (Wildman–Crippen MR) is 149 cm³/mol. The maximum atomic E-state index is 12.6. The minimum Gasteiger partial charge on any atom is -0.497 e. The van der Waals surface area contributed by atoms with Gasteiger partial charge in [-0.25, -0.2) is 4.79 Å². The molecule has 0 aliphatic heterocycles. The van der Waals surface area contributed by atoms with Gasteiger partial charge in [-0.1, -0.05) is 35.3 Å². The van der Waals surface area contributed by atoms with Crippen LogP contribution in [0, 0.1) is 0 Å². The third-order valence-electron chi connectivity index (χ3n) is 6.48. The van der Waals surface area contributed by atoms with E-state index in [1.165, 1.54) is 0 Å². The highest BCUT2D eigenvalue weighted by Gasteiger charge is 2.32. The van der Waals surface area contributed by atoms with Crippen molar-refractivity contribution < 1.29 is 23.7 Å². The number of amides is 1. The average molecular weight is 562 g/mol. The van der Waals surface area contributed by atoms with Gasteiger partial charge >= 0.3 is 6.09 Å². The van der Waals surface area contributed by atoms with Crippen molar-refractivity contribution in [3.63, 3.8) is 0 Å². The van der Waals surface area contributed by atoms with Gasteiger partial charge in [-0.05, 0) is 63.6 Å². The summed E-state index contributed by atoms with van der Waals surface area (Å²) in [4.78, 5) is 12.6. The van der Waals surface area contributed by atoms with E-state index in [1.54, 1.807) is 27.4 Å². The van der Waals surface area contributed by atoms with E-state index in [4.69, 9.17) is 47.2 Å². The molecule has 1 N–H and O–H groups in total. The molecule has 0 radical (unpaired) electrons. The molecule has 0 spiro atoms. The number of rotatable bonds is 7. The molecule has 1 atom stereocenters. The molecular formula is C28H33Cl2N3O5. The van der Waals surface area contributed by atoms with Crippen LogP contribution in [0.3, 0.4) is 0 Å². The number of nitrogens with one attached hydrogen (secondary N) is 1. The molecule has 1 amide bonds. The van der Waals surface area contributed by atoms with Crippen LogP contribution in [0.4, 0.5) is 10.6 Å². The molecule has 204 valence electrons. The number of fused-ring (bicyclic) bond motifs is 1. The Labute approximate surface area is 233 Å². The first kappa shape index (κ1) is 27.9. The summed E-state index contributed by atoms with van der Waals surface area (Å²) in [7, 11) is 4.77. The van der Waals surface area contributed by atoms with E-state index in [2.05, 4.69) is 5.32 Å². The van der Waals surface area contributed by atoms with Crippen LogP contribution in [0.15, 0.2) is 30.3 Å². The Balaban J connectivity index is 1.73. The zero-order chi connectivity index (χ0) is 27.6. The Bertz CT molecular complexity index is 1290. The van der Waals surface area contributed by atoms with Gasteiger partial charge in [0.05, 0.1) is 37.9 Å². The van der Waals surface area contributed by atoms with Crippen molar-refractivity contribution in [2.45, 2.75) is 58.1 Å². The first-order valence-electron chi connectivity index (χ1n) is 12.4. The first-order chi connectivity index (χ1) is 18.0.